The van der Waals surface area contributed by atoms with Crippen molar-refractivity contribution in [3.05, 3.63) is 28.3 Å². The molecule has 0 saturated carbocycles. The predicted molar refractivity (Wildman–Crippen MR) is 66.9 cm³/mol. The molecule has 5 heteroatoms. The molecule has 0 aliphatic carbocycles. The van der Waals surface area contributed by atoms with E-state index >= 15 is 0 Å². The van der Waals surface area contributed by atoms with Gasteiger partial charge in [0.25, 0.3) is 0 Å². The lowest BCUT2D eigenvalue weighted by Crippen LogP contribution is -1.82. The van der Waals surface area contributed by atoms with Gasteiger partial charge in [-0.15, -0.1) is 0 Å². The Morgan fingerprint density at radius 3 is 1.55 bits per heavy atom. The summed E-state index contributed by atoms with van der Waals surface area (Å²) in [6.07, 6.45) is 0. The molecule has 0 aromatic heterocycles. The number of hydrogen-bond acceptors (Lipinski definition) is 0. The molecule has 0 N–H and O–H groups in total. The highest BCUT2D eigenvalue weighted by molar-refractivity contribution is 14.1. The largest absolute Gasteiger partial charge is 0.0815 e. The SMILES string of the molecule is Clc1c(I)cc(I)c(Cl)c1Cl. The molecule has 0 heterocycles. The van der Waals surface area contributed by atoms with E-state index in [1.165, 1.54) is 0 Å². The summed E-state index contributed by atoms with van der Waals surface area (Å²) >= 11 is 21.7. The Morgan fingerprint density at radius 1 is 0.818 bits per heavy atom. The van der Waals surface area contributed by atoms with Crippen LogP contribution in [0.1, 0.15) is 0 Å². The van der Waals surface area contributed by atoms with Crippen molar-refractivity contribution in [2.75, 3.05) is 0 Å². The van der Waals surface area contributed by atoms with Crippen LogP contribution in [0.4, 0.5) is 0 Å². The molecule has 1 aromatic carbocycles. The Balaban J connectivity index is 3.46. The van der Waals surface area contributed by atoms with E-state index in [4.69, 9.17) is 34.8 Å². The summed E-state index contributed by atoms with van der Waals surface area (Å²) in [5.74, 6) is 0. The third-order valence-corrected chi connectivity index (χ3v) is 4.75. The Morgan fingerprint density at radius 2 is 1.18 bits per heavy atom. The highest BCUT2D eigenvalue weighted by Crippen LogP contribution is 2.36. The van der Waals surface area contributed by atoms with Crippen LogP contribution in [0.3, 0.4) is 0 Å². The van der Waals surface area contributed by atoms with E-state index in [1.54, 1.807) is 0 Å². The molecule has 1 aromatic rings. The van der Waals surface area contributed by atoms with Crippen LogP contribution >= 0.6 is 80.0 Å². The third-order valence-electron chi connectivity index (χ3n) is 1.06. The zero-order valence-corrected chi connectivity index (χ0v) is 11.5. The van der Waals surface area contributed by atoms with Crippen molar-refractivity contribution >= 4 is 80.0 Å². The Kier molecular flexibility index (Phi) is 4.03. The van der Waals surface area contributed by atoms with Crippen LogP contribution in [0.5, 0.6) is 0 Å². The summed E-state index contributed by atoms with van der Waals surface area (Å²) in [7, 11) is 0. The smallest absolute Gasteiger partial charge is 0.0800 e. The number of halogens is 5. The van der Waals surface area contributed by atoms with Gasteiger partial charge >= 0.3 is 0 Å². The third kappa shape index (κ3) is 2.27. The van der Waals surface area contributed by atoms with Crippen molar-refractivity contribution in [2.24, 2.45) is 0 Å². The molecule has 60 valence electrons. The molecule has 0 unspecified atom stereocenters. The molecule has 0 fully saturated rings. The minimum Gasteiger partial charge on any atom is -0.0815 e. The first-order valence-electron chi connectivity index (χ1n) is 2.52. The van der Waals surface area contributed by atoms with Gasteiger partial charge in [0.1, 0.15) is 0 Å². The van der Waals surface area contributed by atoms with Crippen molar-refractivity contribution in [3.8, 4) is 0 Å². The minimum atomic E-state index is 0.435. The van der Waals surface area contributed by atoms with Gasteiger partial charge in [-0.2, -0.15) is 0 Å². The molecule has 0 aliphatic heterocycles. The molecule has 1 rings (SSSR count). The second kappa shape index (κ2) is 4.17. The average Bonchev–Trinajstić information content (AvgIpc) is 1.97. The van der Waals surface area contributed by atoms with Crippen LogP contribution in [-0.2, 0) is 0 Å². The van der Waals surface area contributed by atoms with E-state index in [2.05, 4.69) is 45.2 Å². The lowest BCUT2D eigenvalue weighted by Gasteiger charge is -2.03. The Bertz CT molecular complexity index is 272. The van der Waals surface area contributed by atoms with Crippen molar-refractivity contribution < 1.29 is 0 Å². The summed E-state index contributed by atoms with van der Waals surface area (Å²) in [4.78, 5) is 0. The van der Waals surface area contributed by atoms with Crippen LogP contribution in [-0.4, -0.2) is 0 Å². The first-order chi connectivity index (χ1) is 5.04. The molecule has 0 atom stereocenters. The molecule has 11 heavy (non-hydrogen) atoms. The summed E-state index contributed by atoms with van der Waals surface area (Å²) in [5, 5.41) is 1.49. The van der Waals surface area contributed by atoms with Gasteiger partial charge in [0.15, 0.2) is 0 Å². The van der Waals surface area contributed by atoms with Crippen LogP contribution in [0, 0.1) is 7.14 Å². The number of benzene rings is 1. The van der Waals surface area contributed by atoms with Crippen molar-refractivity contribution in [1.82, 2.24) is 0 Å². The van der Waals surface area contributed by atoms with E-state index in [0.717, 1.165) is 7.14 Å². The molecule has 0 bridgehead atoms. The fourth-order valence-corrected chi connectivity index (χ4v) is 3.17. The second-order valence-corrected chi connectivity index (χ2v) is 5.24. The van der Waals surface area contributed by atoms with E-state index in [1.807, 2.05) is 6.07 Å². The van der Waals surface area contributed by atoms with Gasteiger partial charge in [0.05, 0.1) is 15.1 Å². The quantitative estimate of drug-likeness (QED) is 0.312. The predicted octanol–water partition coefficient (Wildman–Crippen LogP) is 4.86. The normalized spacial score (nSPS) is 10.3. The van der Waals surface area contributed by atoms with Gasteiger partial charge in [0.2, 0.25) is 0 Å². The molecule has 0 saturated heterocycles. The van der Waals surface area contributed by atoms with E-state index in [0.29, 0.717) is 15.1 Å². The lowest BCUT2D eigenvalue weighted by molar-refractivity contribution is 1.59. The average molecular weight is 433 g/mol. The zero-order valence-electron chi connectivity index (χ0n) is 4.97. The van der Waals surface area contributed by atoms with E-state index in [-0.39, 0.29) is 0 Å². The monoisotopic (exact) mass is 432 g/mol. The minimum absolute atomic E-state index is 0.435. The summed E-state index contributed by atoms with van der Waals surface area (Å²) in [6, 6.07) is 1.89. The van der Waals surface area contributed by atoms with Gasteiger partial charge in [-0.05, 0) is 51.2 Å². The lowest BCUT2D eigenvalue weighted by atomic mass is 10.4. The van der Waals surface area contributed by atoms with Gasteiger partial charge in [-0.1, -0.05) is 34.8 Å². The van der Waals surface area contributed by atoms with Crippen LogP contribution in [0.2, 0.25) is 15.1 Å². The second-order valence-electron chi connectivity index (χ2n) is 1.78. The maximum absolute atomic E-state index is 5.83. The van der Waals surface area contributed by atoms with E-state index < -0.39 is 0 Å². The maximum Gasteiger partial charge on any atom is 0.0800 e. The van der Waals surface area contributed by atoms with Crippen molar-refractivity contribution in [1.29, 1.82) is 0 Å². The fraction of sp³-hybridized carbons (Fsp3) is 0. The Hall–Kier alpha value is 1.55. The summed E-state index contributed by atoms with van der Waals surface area (Å²) in [6.45, 7) is 0. The fourth-order valence-electron chi connectivity index (χ4n) is 0.544. The van der Waals surface area contributed by atoms with Crippen molar-refractivity contribution in [2.45, 2.75) is 0 Å². The maximum atomic E-state index is 5.83. The van der Waals surface area contributed by atoms with Crippen LogP contribution in [0.25, 0.3) is 0 Å². The first kappa shape index (κ1) is 10.6. The molecule has 0 amide bonds. The van der Waals surface area contributed by atoms with Gasteiger partial charge in [0, 0.05) is 7.14 Å². The van der Waals surface area contributed by atoms with Gasteiger partial charge < -0.3 is 0 Å². The number of rotatable bonds is 0. The highest BCUT2D eigenvalue weighted by Gasteiger charge is 2.10. The molecule has 0 spiro atoms. The van der Waals surface area contributed by atoms with E-state index in [9.17, 15) is 0 Å². The van der Waals surface area contributed by atoms with Crippen LogP contribution in [0.15, 0.2) is 6.07 Å². The molecular weight excluding hydrogens is 432 g/mol. The standard InChI is InChI=1S/C6HCl3I2/c7-4-2(10)1-3(11)5(8)6(4)9/h1H. The first-order valence-corrected chi connectivity index (χ1v) is 5.81. The van der Waals surface area contributed by atoms with Crippen LogP contribution < -0.4 is 0 Å². The molecular formula is C6HCl3I2. The topological polar surface area (TPSA) is 0 Å². The summed E-state index contributed by atoms with van der Waals surface area (Å²) < 4.78 is 1.84. The molecule has 0 aliphatic rings. The molecule has 0 radical (unpaired) electrons. The van der Waals surface area contributed by atoms with Crippen molar-refractivity contribution in [3.63, 3.8) is 0 Å². The number of hydrogen-bond donors (Lipinski definition) is 0. The van der Waals surface area contributed by atoms with Gasteiger partial charge in [-0.25, -0.2) is 0 Å². The highest BCUT2D eigenvalue weighted by atomic mass is 127. The summed E-state index contributed by atoms with van der Waals surface area (Å²) in [5.41, 5.74) is 0. The zero-order chi connectivity index (χ0) is 8.59. The molecule has 0 nitrogen and oxygen atoms in total. The Labute approximate surface area is 107 Å². The van der Waals surface area contributed by atoms with Gasteiger partial charge in [-0.3, -0.25) is 0 Å².